The molecule has 0 aromatic heterocycles. The highest BCUT2D eigenvalue weighted by Gasteiger charge is 2.35. The topological polar surface area (TPSA) is 63.6 Å². The van der Waals surface area contributed by atoms with Gasteiger partial charge in [-0.1, -0.05) is 68.5 Å². The molecule has 0 heterocycles. The van der Waals surface area contributed by atoms with Crippen molar-refractivity contribution >= 4 is 18.0 Å². The zero-order chi connectivity index (χ0) is 22.3. The molecular formula is C24H26F2O4. The molecule has 0 radical (unpaired) electrons. The predicted octanol–water partition coefficient (Wildman–Crippen LogP) is 5.47. The quantitative estimate of drug-likeness (QED) is 0.551. The Morgan fingerprint density at radius 3 is 2.30 bits per heavy atom. The van der Waals surface area contributed by atoms with Crippen molar-refractivity contribution in [2.24, 2.45) is 5.92 Å². The summed E-state index contributed by atoms with van der Waals surface area (Å²) in [7, 11) is 0. The fourth-order valence-corrected chi connectivity index (χ4v) is 2.92. The number of carbonyl (C=O) groups is 2. The van der Waals surface area contributed by atoms with E-state index in [1.54, 1.807) is 31.2 Å². The number of halogens is 2. The fraction of sp³-hybridized carbons (Fsp3) is 0.333. The Hall–Kier alpha value is -3.02. The third-order valence-corrected chi connectivity index (χ3v) is 4.66. The predicted molar refractivity (Wildman–Crippen MR) is 111 cm³/mol. The Balaban J connectivity index is 2.04. The normalized spacial score (nSPS) is 12.9. The van der Waals surface area contributed by atoms with Gasteiger partial charge in [0.15, 0.2) is 0 Å². The number of aliphatic carboxylic acids is 1. The summed E-state index contributed by atoms with van der Waals surface area (Å²) in [5, 5.41) is 8.52. The molecule has 160 valence electrons. The molecule has 0 bridgehead atoms. The van der Waals surface area contributed by atoms with Crippen molar-refractivity contribution in [3.05, 3.63) is 76.9 Å². The average Bonchev–Trinajstić information content (AvgIpc) is 2.70. The summed E-state index contributed by atoms with van der Waals surface area (Å²) in [6, 6.07) is 14.3. The molecule has 0 spiro atoms. The van der Waals surface area contributed by atoms with Crippen LogP contribution in [0.5, 0.6) is 0 Å². The van der Waals surface area contributed by atoms with E-state index in [0.717, 1.165) is 18.1 Å². The molecule has 4 nitrogen and oxygen atoms in total. The molecule has 1 atom stereocenters. The third kappa shape index (κ3) is 6.51. The lowest BCUT2D eigenvalue weighted by Crippen LogP contribution is -2.24. The summed E-state index contributed by atoms with van der Waals surface area (Å²) >= 11 is 0. The van der Waals surface area contributed by atoms with E-state index in [1.807, 2.05) is 24.3 Å². The van der Waals surface area contributed by atoms with E-state index < -0.39 is 23.8 Å². The molecule has 0 saturated carbocycles. The zero-order valence-electron chi connectivity index (χ0n) is 17.3. The minimum Gasteiger partial charge on any atom is -0.477 e. The van der Waals surface area contributed by atoms with Crippen molar-refractivity contribution in [1.82, 2.24) is 0 Å². The Morgan fingerprint density at radius 2 is 1.70 bits per heavy atom. The van der Waals surface area contributed by atoms with Gasteiger partial charge in [0.05, 0.1) is 5.92 Å². The number of hydrogen-bond acceptors (Lipinski definition) is 3. The van der Waals surface area contributed by atoms with Crippen LogP contribution in [0.15, 0.2) is 54.6 Å². The molecule has 0 amide bonds. The van der Waals surface area contributed by atoms with Gasteiger partial charge in [-0.15, -0.1) is 0 Å². The van der Waals surface area contributed by atoms with E-state index in [9.17, 15) is 18.4 Å². The van der Waals surface area contributed by atoms with Crippen molar-refractivity contribution < 1.29 is 28.2 Å². The van der Waals surface area contributed by atoms with Gasteiger partial charge in [-0.3, -0.25) is 4.79 Å². The van der Waals surface area contributed by atoms with Crippen LogP contribution in [-0.2, 0) is 27.4 Å². The van der Waals surface area contributed by atoms with Crippen LogP contribution in [0.4, 0.5) is 8.78 Å². The summed E-state index contributed by atoms with van der Waals surface area (Å²) in [6.07, 6.45) is 2.30. The van der Waals surface area contributed by atoms with Gasteiger partial charge in [0, 0.05) is 0 Å². The van der Waals surface area contributed by atoms with Crippen LogP contribution in [0, 0.1) is 5.92 Å². The van der Waals surface area contributed by atoms with Gasteiger partial charge < -0.3 is 9.84 Å². The van der Waals surface area contributed by atoms with Crippen molar-refractivity contribution in [3.8, 4) is 0 Å². The lowest BCUT2D eigenvalue weighted by Gasteiger charge is -2.14. The molecule has 2 aromatic rings. The molecule has 2 rings (SSSR count). The Bertz CT molecular complexity index is 902. The summed E-state index contributed by atoms with van der Waals surface area (Å²) in [5.41, 5.74) is 2.90. The van der Waals surface area contributed by atoms with Crippen molar-refractivity contribution in [3.63, 3.8) is 0 Å². The SMILES string of the molecule is CC(C)Cc1ccc(C(C)C(=O)OCc2ccccc2/C=C\C(F)(F)C(=O)O)cc1. The van der Waals surface area contributed by atoms with E-state index in [0.29, 0.717) is 23.1 Å². The Labute approximate surface area is 175 Å². The standard InChI is InChI=1S/C24H26F2O4/c1-16(2)14-18-8-10-19(11-9-18)17(3)22(27)30-15-21-7-5-4-6-20(21)12-13-24(25,26)23(28)29/h4-13,16-17H,14-15H2,1-3H3,(H,28,29)/b13-12-. The molecule has 0 saturated heterocycles. The minimum absolute atomic E-state index is 0.103. The van der Waals surface area contributed by atoms with Crippen LogP contribution in [0.25, 0.3) is 6.08 Å². The van der Waals surface area contributed by atoms with E-state index in [1.165, 1.54) is 5.56 Å². The molecule has 0 aliphatic carbocycles. The molecule has 6 heteroatoms. The number of ether oxygens (including phenoxy) is 1. The number of rotatable bonds is 9. The molecular weight excluding hydrogens is 390 g/mol. The largest absolute Gasteiger partial charge is 0.477 e. The van der Waals surface area contributed by atoms with Gasteiger partial charge in [0.1, 0.15) is 6.61 Å². The number of carbonyl (C=O) groups excluding carboxylic acids is 1. The molecule has 1 unspecified atom stereocenters. The lowest BCUT2D eigenvalue weighted by atomic mass is 9.97. The molecule has 0 fully saturated rings. The lowest BCUT2D eigenvalue weighted by molar-refractivity contribution is -0.157. The van der Waals surface area contributed by atoms with Gasteiger partial charge in [-0.2, -0.15) is 8.78 Å². The number of benzene rings is 2. The van der Waals surface area contributed by atoms with Gasteiger partial charge >= 0.3 is 17.9 Å². The van der Waals surface area contributed by atoms with E-state index in [4.69, 9.17) is 9.84 Å². The highest BCUT2D eigenvalue weighted by Crippen LogP contribution is 2.22. The monoisotopic (exact) mass is 416 g/mol. The Kier molecular flexibility index (Phi) is 7.86. The smallest absolute Gasteiger partial charge is 0.378 e. The number of carboxylic acid groups (broad SMARTS) is 1. The first-order valence-corrected chi connectivity index (χ1v) is 9.74. The van der Waals surface area contributed by atoms with Crippen LogP contribution in [0.3, 0.4) is 0 Å². The van der Waals surface area contributed by atoms with Crippen molar-refractivity contribution in [1.29, 1.82) is 0 Å². The fourth-order valence-electron chi connectivity index (χ4n) is 2.92. The number of hydrogen-bond donors (Lipinski definition) is 1. The highest BCUT2D eigenvalue weighted by atomic mass is 19.3. The first kappa shape index (κ1) is 23.3. The Morgan fingerprint density at radius 1 is 1.07 bits per heavy atom. The summed E-state index contributed by atoms with van der Waals surface area (Å²) < 4.78 is 32.0. The van der Waals surface area contributed by atoms with Crippen LogP contribution >= 0.6 is 0 Å². The number of esters is 1. The maximum Gasteiger partial charge on any atom is 0.378 e. The van der Waals surface area contributed by atoms with E-state index >= 15 is 0 Å². The van der Waals surface area contributed by atoms with E-state index in [-0.39, 0.29) is 6.61 Å². The zero-order valence-corrected chi connectivity index (χ0v) is 17.3. The maximum absolute atomic E-state index is 13.3. The second-order valence-corrected chi connectivity index (χ2v) is 7.63. The van der Waals surface area contributed by atoms with Crippen molar-refractivity contribution in [2.75, 3.05) is 0 Å². The number of carboxylic acids is 1. The first-order chi connectivity index (χ1) is 14.1. The molecule has 1 N–H and O–H groups in total. The molecule has 2 aromatic carbocycles. The van der Waals surface area contributed by atoms with Crippen LogP contribution in [0.1, 0.15) is 48.9 Å². The maximum atomic E-state index is 13.3. The van der Waals surface area contributed by atoms with Crippen LogP contribution in [-0.4, -0.2) is 23.0 Å². The van der Waals surface area contributed by atoms with Crippen LogP contribution < -0.4 is 0 Å². The third-order valence-electron chi connectivity index (χ3n) is 4.66. The highest BCUT2D eigenvalue weighted by molar-refractivity contribution is 5.79. The summed E-state index contributed by atoms with van der Waals surface area (Å²) in [4.78, 5) is 23.0. The van der Waals surface area contributed by atoms with E-state index in [2.05, 4.69) is 13.8 Å². The summed E-state index contributed by atoms with van der Waals surface area (Å²) in [6.45, 7) is 5.93. The van der Waals surface area contributed by atoms with Gasteiger partial charge in [0.25, 0.3) is 0 Å². The molecule has 0 aliphatic rings. The second kappa shape index (κ2) is 10.1. The van der Waals surface area contributed by atoms with Crippen LogP contribution in [0.2, 0.25) is 0 Å². The number of alkyl halides is 2. The summed E-state index contributed by atoms with van der Waals surface area (Å²) in [5.74, 6) is -6.56. The van der Waals surface area contributed by atoms with Gasteiger partial charge in [-0.25, -0.2) is 4.79 Å². The second-order valence-electron chi connectivity index (χ2n) is 7.63. The van der Waals surface area contributed by atoms with Gasteiger partial charge in [0.2, 0.25) is 0 Å². The first-order valence-electron chi connectivity index (χ1n) is 9.74. The molecule has 0 aliphatic heterocycles. The minimum atomic E-state index is -3.97. The molecule has 30 heavy (non-hydrogen) atoms. The van der Waals surface area contributed by atoms with Crippen molar-refractivity contribution in [2.45, 2.75) is 45.6 Å². The van der Waals surface area contributed by atoms with Gasteiger partial charge in [-0.05, 0) is 47.6 Å². The average molecular weight is 416 g/mol.